The van der Waals surface area contributed by atoms with Crippen LogP contribution >= 0.6 is 11.8 Å². The van der Waals surface area contributed by atoms with Crippen molar-refractivity contribution < 1.29 is 19.4 Å². The van der Waals surface area contributed by atoms with Gasteiger partial charge in [0.15, 0.2) is 5.69 Å². The summed E-state index contributed by atoms with van der Waals surface area (Å²) in [6.07, 6.45) is 2.61. The minimum absolute atomic E-state index is 0.156. The number of aliphatic hydroxyl groups is 1. The average Bonchev–Trinajstić information content (AvgIpc) is 2.54. The first-order chi connectivity index (χ1) is 11.0. The van der Waals surface area contributed by atoms with Gasteiger partial charge in [0.25, 0.3) is 5.91 Å². The monoisotopic (exact) mass is 337 g/mol. The highest BCUT2D eigenvalue weighted by molar-refractivity contribution is 7.98. The van der Waals surface area contributed by atoms with Gasteiger partial charge in [-0.3, -0.25) is 9.59 Å². The minimum atomic E-state index is -1.22. The molecule has 1 heterocycles. The molecule has 0 saturated carbocycles. The molecule has 2 N–H and O–H groups in total. The number of ether oxygens (including phenoxy) is 1. The number of aliphatic hydroxyl groups excluding tert-OH is 1. The van der Waals surface area contributed by atoms with Crippen molar-refractivity contribution in [1.82, 2.24) is 4.98 Å². The predicted molar refractivity (Wildman–Crippen MR) is 85.9 cm³/mol. The molecule has 7 nitrogen and oxygen atoms in total. The number of carbonyl (C=O) groups is 2. The lowest BCUT2D eigenvalue weighted by Gasteiger charge is -2.12. The van der Waals surface area contributed by atoms with Crippen LogP contribution in [0.4, 0.5) is 5.69 Å². The number of aromatic nitrogens is 1. The van der Waals surface area contributed by atoms with E-state index in [9.17, 15) is 14.7 Å². The Bertz CT molecular complexity index is 601. The summed E-state index contributed by atoms with van der Waals surface area (Å²) in [6.45, 7) is 2.03. The molecule has 1 atom stereocenters. The number of nitrogens with one attached hydrogen (secondary N) is 1. The molecule has 0 aliphatic rings. The maximum Gasteiger partial charge on any atom is 0.305 e. The molecule has 0 bridgehead atoms. The summed E-state index contributed by atoms with van der Waals surface area (Å²) < 4.78 is 4.77. The molecule has 1 amide bonds. The maximum atomic E-state index is 11.9. The van der Waals surface area contributed by atoms with Crippen molar-refractivity contribution in [2.75, 3.05) is 18.2 Å². The second kappa shape index (κ2) is 9.82. The first kappa shape index (κ1) is 18.9. The van der Waals surface area contributed by atoms with Gasteiger partial charge in [0.05, 0.1) is 18.5 Å². The second-order valence-electron chi connectivity index (χ2n) is 4.59. The van der Waals surface area contributed by atoms with Gasteiger partial charge in [0, 0.05) is 11.3 Å². The molecular weight excluding hydrogens is 318 g/mol. The van der Waals surface area contributed by atoms with E-state index in [0.717, 1.165) is 0 Å². The molecular formula is C15H19N3O4S. The van der Waals surface area contributed by atoms with Crippen molar-refractivity contribution in [3.63, 3.8) is 0 Å². The van der Waals surface area contributed by atoms with E-state index in [0.29, 0.717) is 23.6 Å². The third-order valence-electron chi connectivity index (χ3n) is 2.91. The lowest BCUT2D eigenvalue weighted by Crippen LogP contribution is -2.27. The van der Waals surface area contributed by atoms with Gasteiger partial charge in [0.2, 0.25) is 0 Å². The zero-order chi connectivity index (χ0) is 17.2. The summed E-state index contributed by atoms with van der Waals surface area (Å²) >= 11 is 1.34. The first-order valence-corrected chi connectivity index (χ1v) is 8.33. The Kier molecular flexibility index (Phi) is 8.08. The Hall–Kier alpha value is -2.11. The fourth-order valence-corrected chi connectivity index (χ4v) is 2.32. The van der Waals surface area contributed by atoms with Crippen LogP contribution in [-0.4, -0.2) is 40.9 Å². The molecule has 1 aromatic rings. The topological polar surface area (TPSA) is 112 Å². The van der Waals surface area contributed by atoms with Crippen molar-refractivity contribution in [2.45, 2.75) is 37.2 Å². The molecule has 1 aromatic heterocycles. The summed E-state index contributed by atoms with van der Waals surface area (Å²) in [7, 11) is 0. The van der Waals surface area contributed by atoms with E-state index in [1.807, 2.05) is 6.07 Å². The molecule has 0 spiro atoms. The largest absolute Gasteiger partial charge is 0.466 e. The van der Waals surface area contributed by atoms with Crippen LogP contribution in [0.2, 0.25) is 0 Å². The summed E-state index contributed by atoms with van der Waals surface area (Å²) in [5, 5.41) is 21.2. The van der Waals surface area contributed by atoms with E-state index < -0.39 is 12.0 Å². The van der Waals surface area contributed by atoms with Gasteiger partial charge < -0.3 is 15.2 Å². The second-order valence-corrected chi connectivity index (χ2v) is 5.44. The smallest absolute Gasteiger partial charge is 0.305 e. The van der Waals surface area contributed by atoms with E-state index in [-0.39, 0.29) is 24.5 Å². The number of esters is 1. The highest BCUT2D eigenvalue weighted by atomic mass is 32.2. The molecule has 0 aliphatic carbocycles. The van der Waals surface area contributed by atoms with Gasteiger partial charge in [-0.2, -0.15) is 5.26 Å². The van der Waals surface area contributed by atoms with Crippen LogP contribution in [0.3, 0.4) is 0 Å². The average molecular weight is 337 g/mol. The van der Waals surface area contributed by atoms with Gasteiger partial charge in [-0.05, 0) is 32.1 Å². The van der Waals surface area contributed by atoms with Crippen LogP contribution in [0.1, 0.15) is 31.9 Å². The Morgan fingerprint density at radius 1 is 1.57 bits per heavy atom. The highest BCUT2D eigenvalue weighted by Gasteiger charge is 2.16. The van der Waals surface area contributed by atoms with Gasteiger partial charge in [-0.1, -0.05) is 0 Å². The molecule has 1 rings (SSSR count). The number of carbonyl (C=O) groups excluding carboxylic acids is 2. The summed E-state index contributed by atoms with van der Waals surface area (Å²) in [5.41, 5.74) is 0.688. The van der Waals surface area contributed by atoms with E-state index in [2.05, 4.69) is 10.3 Å². The summed E-state index contributed by atoms with van der Waals surface area (Å²) in [6, 6.07) is 3.59. The molecule has 0 saturated heterocycles. The van der Waals surface area contributed by atoms with Crippen molar-refractivity contribution in [2.24, 2.45) is 0 Å². The number of anilines is 1. The van der Waals surface area contributed by atoms with E-state index >= 15 is 0 Å². The normalized spacial score (nSPS) is 11.4. The third kappa shape index (κ3) is 6.26. The van der Waals surface area contributed by atoms with Crippen molar-refractivity contribution in [3.8, 4) is 6.07 Å². The number of nitriles is 1. The van der Waals surface area contributed by atoms with Crippen molar-refractivity contribution in [1.29, 1.82) is 5.26 Å². The highest BCUT2D eigenvalue weighted by Crippen LogP contribution is 2.22. The fourth-order valence-electron chi connectivity index (χ4n) is 1.78. The molecule has 23 heavy (non-hydrogen) atoms. The lowest BCUT2D eigenvalue weighted by atomic mass is 10.1. The Labute approximate surface area is 139 Å². The lowest BCUT2D eigenvalue weighted by molar-refractivity contribution is -0.143. The van der Waals surface area contributed by atoms with Crippen LogP contribution in [0.5, 0.6) is 0 Å². The number of nitrogens with zero attached hydrogens (tertiary/aromatic N) is 2. The molecule has 0 fully saturated rings. The number of hydrogen-bond donors (Lipinski definition) is 2. The molecule has 8 heteroatoms. The predicted octanol–water partition coefficient (Wildman–Crippen LogP) is 1.71. The van der Waals surface area contributed by atoms with Crippen LogP contribution in [0, 0.1) is 11.3 Å². The molecule has 0 aromatic carbocycles. The number of hydrogen-bond acceptors (Lipinski definition) is 7. The number of thioether (sulfide) groups is 1. The molecule has 0 aliphatic heterocycles. The van der Waals surface area contributed by atoms with Gasteiger partial charge in [-0.25, -0.2) is 4.98 Å². The van der Waals surface area contributed by atoms with Crippen LogP contribution < -0.4 is 5.32 Å². The van der Waals surface area contributed by atoms with E-state index in [4.69, 9.17) is 10.00 Å². The number of pyridine rings is 1. The Morgan fingerprint density at radius 2 is 2.30 bits per heavy atom. The van der Waals surface area contributed by atoms with Gasteiger partial charge in [-0.15, -0.1) is 11.8 Å². The van der Waals surface area contributed by atoms with E-state index in [1.165, 1.54) is 18.0 Å². The summed E-state index contributed by atoms with van der Waals surface area (Å²) in [5.74, 6) is -0.923. The van der Waals surface area contributed by atoms with Gasteiger partial charge in [0.1, 0.15) is 12.2 Å². The first-order valence-electron chi connectivity index (χ1n) is 7.10. The SMILES string of the molecule is CCOC(=O)CCCC(O)C(=O)Nc1cnc(C#N)c(SC)c1. The van der Waals surface area contributed by atoms with Crippen molar-refractivity contribution in [3.05, 3.63) is 18.0 Å². The minimum Gasteiger partial charge on any atom is -0.466 e. The van der Waals surface area contributed by atoms with Crippen LogP contribution in [0.15, 0.2) is 17.2 Å². The summed E-state index contributed by atoms with van der Waals surface area (Å²) in [4.78, 5) is 27.7. The quantitative estimate of drug-likeness (QED) is 0.548. The fraction of sp³-hybridized carbons (Fsp3) is 0.467. The zero-order valence-corrected chi connectivity index (χ0v) is 13.9. The molecule has 1 unspecified atom stereocenters. The molecule has 124 valence electrons. The third-order valence-corrected chi connectivity index (χ3v) is 3.66. The molecule has 0 radical (unpaired) electrons. The number of amides is 1. The Balaban J connectivity index is 2.52. The van der Waals surface area contributed by atoms with Gasteiger partial charge >= 0.3 is 5.97 Å². The zero-order valence-electron chi connectivity index (χ0n) is 13.0. The number of rotatable bonds is 8. The van der Waals surface area contributed by atoms with Crippen molar-refractivity contribution >= 4 is 29.3 Å². The van der Waals surface area contributed by atoms with Crippen LogP contribution in [0.25, 0.3) is 0 Å². The Morgan fingerprint density at radius 3 is 2.91 bits per heavy atom. The van der Waals surface area contributed by atoms with Crippen LogP contribution in [-0.2, 0) is 14.3 Å². The standard InChI is InChI=1S/C15H19N3O4S/c1-3-22-14(20)6-4-5-12(19)15(21)18-10-7-13(23-2)11(8-16)17-9-10/h7,9,12,19H,3-6H2,1-2H3,(H,18,21). The van der Waals surface area contributed by atoms with E-state index in [1.54, 1.807) is 19.2 Å². The maximum absolute atomic E-state index is 11.9.